The van der Waals surface area contributed by atoms with Crippen LogP contribution in [-0.2, 0) is 0 Å². The zero-order chi connectivity index (χ0) is 69.2. The Morgan fingerprint density at radius 1 is 0.260 bits per heavy atom. The number of hydrogen-bond donors (Lipinski definition) is 0. The van der Waals surface area contributed by atoms with Crippen molar-refractivity contribution in [3.8, 4) is 119 Å². The van der Waals surface area contributed by atoms with Gasteiger partial charge in [0.05, 0.1) is 51.4 Å². The zero-order valence-electron chi connectivity index (χ0n) is 56.0. The number of benzene rings is 14. The first-order valence-electron chi connectivity index (χ1n) is 34.7. The molecule has 0 fully saturated rings. The Labute approximate surface area is 601 Å². The number of nitriles is 2. The van der Waals surface area contributed by atoms with Crippen LogP contribution in [0.4, 0.5) is 34.1 Å². The molecule has 0 bridgehead atoms. The van der Waals surface area contributed by atoms with Gasteiger partial charge in [-0.1, -0.05) is 243 Å². The van der Waals surface area contributed by atoms with E-state index in [2.05, 4.69) is 239 Å². The highest BCUT2D eigenvalue weighted by Crippen LogP contribution is 2.49. The number of nitrogens with zero attached hydrogens (tertiary/aromatic N) is 10. The quantitative estimate of drug-likeness (QED) is 0.110. The van der Waals surface area contributed by atoms with Gasteiger partial charge >= 0.3 is 0 Å². The van der Waals surface area contributed by atoms with Gasteiger partial charge in [-0.3, -0.25) is 0 Å². The predicted molar refractivity (Wildman–Crippen MR) is 422 cm³/mol. The molecule has 0 saturated heterocycles. The summed E-state index contributed by atoms with van der Waals surface area (Å²) >= 11 is 0. The normalized spacial score (nSPS) is 12.0. The van der Waals surface area contributed by atoms with Crippen LogP contribution in [0.15, 0.2) is 346 Å². The molecule has 0 amide bonds. The van der Waals surface area contributed by atoms with Gasteiger partial charge in [-0.15, -0.1) is 0 Å². The van der Waals surface area contributed by atoms with E-state index in [1.165, 1.54) is 0 Å². The van der Waals surface area contributed by atoms with Crippen LogP contribution in [0.3, 0.4) is 0 Å². The molecule has 0 saturated carbocycles. The van der Waals surface area contributed by atoms with E-state index in [0.717, 1.165) is 156 Å². The zero-order valence-corrected chi connectivity index (χ0v) is 56.0. The number of anilines is 6. The number of fused-ring (bicyclic) bond motifs is 7. The molecule has 14 aromatic carbocycles. The molecule has 0 aliphatic carbocycles. The van der Waals surface area contributed by atoms with Crippen LogP contribution >= 0.6 is 0 Å². The average Bonchev–Trinajstić information content (AvgIpc) is 0.765. The van der Waals surface area contributed by atoms with Crippen molar-refractivity contribution in [1.82, 2.24) is 29.5 Å². The second-order valence-corrected chi connectivity index (χ2v) is 26.2. The maximum absolute atomic E-state index is 10.7. The van der Waals surface area contributed by atoms with Crippen LogP contribution in [0.25, 0.3) is 129 Å². The average molecular weight is 1330 g/mol. The van der Waals surface area contributed by atoms with Crippen molar-refractivity contribution in [3.05, 3.63) is 357 Å². The number of para-hydroxylation sites is 1. The molecule has 3 aromatic heterocycles. The highest BCUT2D eigenvalue weighted by molar-refractivity contribution is 7.00. The van der Waals surface area contributed by atoms with Crippen LogP contribution in [0.5, 0.6) is 0 Å². The Kier molecular flexibility index (Phi) is 14.8. The Morgan fingerprint density at radius 3 is 1.15 bits per heavy atom. The Bertz CT molecular complexity index is 6010. The minimum absolute atomic E-state index is 0.276. The lowest BCUT2D eigenvalue weighted by Gasteiger charge is -2.44. The monoisotopic (exact) mass is 1320 g/mol. The molecule has 0 spiro atoms. The largest absolute Gasteiger partial charge is 0.311 e. The first-order valence-corrected chi connectivity index (χ1v) is 34.7. The third-order valence-corrected chi connectivity index (χ3v) is 20.1. The van der Waals surface area contributed by atoms with Crippen molar-refractivity contribution in [2.45, 2.75) is 0 Å². The highest BCUT2D eigenvalue weighted by atomic mass is 15.2. The Morgan fingerprint density at radius 2 is 0.663 bits per heavy atom. The minimum Gasteiger partial charge on any atom is -0.311 e. The first kappa shape index (κ1) is 60.8. The van der Waals surface area contributed by atoms with Gasteiger partial charge < -0.3 is 14.4 Å². The molecule has 0 radical (unpaired) electrons. The van der Waals surface area contributed by atoms with E-state index in [0.29, 0.717) is 34.4 Å². The van der Waals surface area contributed by atoms with Crippen LogP contribution in [0.2, 0.25) is 0 Å². The maximum Gasteiger partial charge on any atom is 0.252 e. The molecular formula is C93H57BN10. The van der Waals surface area contributed by atoms with Crippen LogP contribution in [0.1, 0.15) is 11.1 Å². The van der Waals surface area contributed by atoms with Crippen molar-refractivity contribution < 1.29 is 0 Å². The lowest BCUT2D eigenvalue weighted by atomic mass is 9.33. The fraction of sp³-hybridized carbons (Fsp3) is 0. The van der Waals surface area contributed by atoms with Gasteiger partial charge in [0.2, 0.25) is 0 Å². The van der Waals surface area contributed by atoms with Crippen LogP contribution in [0, 0.1) is 22.7 Å². The Balaban J connectivity index is 0.847. The highest BCUT2D eigenvalue weighted by Gasteiger charge is 2.44. The summed E-state index contributed by atoms with van der Waals surface area (Å²) in [5.74, 6) is 2.10. The van der Waals surface area contributed by atoms with Gasteiger partial charge in [0.1, 0.15) is 0 Å². The number of hydrogen-bond acceptors (Lipinski definition) is 9. The summed E-state index contributed by atoms with van der Waals surface area (Å²) in [4.78, 5) is 31.4. The van der Waals surface area contributed by atoms with E-state index < -0.39 is 0 Å². The van der Waals surface area contributed by atoms with Crippen LogP contribution < -0.4 is 26.2 Å². The SMILES string of the molecule is N#Cc1ccc2c(c1)N(c1ccc(-c3ccccc3)cc1)c1cc(-c3ccc4c(c3)c3ccccc3n4-c3ccc(-c4nc(-c5ccccc5)cc(-c5ccccc5)n4)cc3-c3nc(-c4ccccc4)nc(-c4ccccc4)n3)cc3c1B2c1ccc(C#N)cc1N3c1ccc(-c2ccccc2)cc1. The second kappa shape index (κ2) is 25.4. The molecule has 5 heterocycles. The van der Waals surface area contributed by atoms with Gasteiger partial charge in [-0.2, -0.15) is 10.5 Å². The molecule has 2 aliphatic heterocycles. The summed E-state index contributed by atoms with van der Waals surface area (Å²) in [6.07, 6.45) is 0. The number of aromatic nitrogens is 6. The van der Waals surface area contributed by atoms with Gasteiger partial charge in [0.15, 0.2) is 23.3 Å². The maximum atomic E-state index is 10.7. The lowest BCUT2D eigenvalue weighted by molar-refractivity contribution is 1.06. The summed E-state index contributed by atoms with van der Waals surface area (Å²) in [5, 5.41) is 23.6. The topological polar surface area (TPSA) is 123 Å². The van der Waals surface area contributed by atoms with Gasteiger partial charge in [0, 0.05) is 78.3 Å². The van der Waals surface area contributed by atoms with E-state index in [1.807, 2.05) is 133 Å². The van der Waals surface area contributed by atoms with Crippen molar-refractivity contribution in [3.63, 3.8) is 0 Å². The van der Waals surface area contributed by atoms with E-state index >= 15 is 0 Å². The third-order valence-electron chi connectivity index (χ3n) is 20.1. The molecule has 17 aromatic rings. The molecule has 0 atom stereocenters. The smallest absolute Gasteiger partial charge is 0.252 e. The van der Waals surface area contributed by atoms with Crippen molar-refractivity contribution in [1.29, 1.82) is 10.5 Å². The molecule has 0 unspecified atom stereocenters. The van der Waals surface area contributed by atoms with Gasteiger partial charge in [0.25, 0.3) is 6.71 Å². The molecule has 482 valence electrons. The van der Waals surface area contributed by atoms with Crippen molar-refractivity contribution >= 4 is 79.0 Å². The van der Waals surface area contributed by atoms with Gasteiger partial charge in [-0.25, -0.2) is 24.9 Å². The van der Waals surface area contributed by atoms with Crippen molar-refractivity contribution in [2.24, 2.45) is 0 Å². The van der Waals surface area contributed by atoms with E-state index in [1.54, 1.807) is 0 Å². The predicted octanol–water partition coefficient (Wildman–Crippen LogP) is 20.6. The molecule has 0 N–H and O–H groups in total. The Hall–Kier alpha value is -14.4. The molecule has 10 nitrogen and oxygen atoms in total. The van der Waals surface area contributed by atoms with E-state index in [4.69, 9.17) is 24.9 Å². The molecule has 104 heavy (non-hydrogen) atoms. The number of rotatable bonds is 12. The molecular weight excluding hydrogens is 1270 g/mol. The lowest BCUT2D eigenvalue weighted by Crippen LogP contribution is -2.61. The summed E-state index contributed by atoms with van der Waals surface area (Å²) in [5.41, 5.74) is 25.9. The van der Waals surface area contributed by atoms with Crippen LogP contribution in [-0.4, -0.2) is 36.2 Å². The molecule has 19 rings (SSSR count). The van der Waals surface area contributed by atoms with E-state index in [9.17, 15) is 10.5 Å². The van der Waals surface area contributed by atoms with Crippen molar-refractivity contribution in [2.75, 3.05) is 9.80 Å². The summed E-state index contributed by atoms with van der Waals surface area (Å²) in [6, 6.07) is 125. The second-order valence-electron chi connectivity index (χ2n) is 26.2. The third kappa shape index (κ3) is 10.6. The summed E-state index contributed by atoms with van der Waals surface area (Å²) in [7, 11) is 0. The van der Waals surface area contributed by atoms with Gasteiger partial charge in [-0.05, 0) is 153 Å². The first-order chi connectivity index (χ1) is 51.4. The molecule has 11 heteroatoms. The fourth-order valence-corrected chi connectivity index (χ4v) is 15.2. The van der Waals surface area contributed by atoms with E-state index in [-0.39, 0.29) is 6.71 Å². The summed E-state index contributed by atoms with van der Waals surface area (Å²) < 4.78 is 2.34. The summed E-state index contributed by atoms with van der Waals surface area (Å²) in [6.45, 7) is -0.276. The molecule has 2 aliphatic rings. The standard InChI is InChI=1S/C93H57BN10/c95-58-60-35-47-78-85(51-60)102(73-43-37-64(38-44-73)62-21-7-1-8-22-62)87-55-72(56-88-89(87)94(78)79-48-36-61(59-96)52-86(79)103(88)74-45-39-65(40-46-74)63-23-9-2-10-24-63)70-41-49-83-76(53-70)75-33-19-20-34-82(75)104(83)84-50-42-71(92-97-80(66-25-11-3-12-26-66)57-81(98-92)67-27-13-4-14-28-67)54-77(84)93-100-90(68-29-15-5-16-30-68)99-91(101-93)69-31-17-6-18-32-69/h1-57H. The minimum atomic E-state index is -0.276. The fourth-order valence-electron chi connectivity index (χ4n) is 15.2.